The van der Waals surface area contributed by atoms with Gasteiger partial charge < -0.3 is 28.4 Å². The minimum atomic E-state index is -2.36. The Morgan fingerprint density at radius 3 is 1.34 bits per heavy atom. The van der Waals surface area contributed by atoms with E-state index < -0.39 is 46.4 Å². The minimum absolute atomic E-state index is 0.149. The van der Waals surface area contributed by atoms with Gasteiger partial charge in [-0.3, -0.25) is 0 Å². The summed E-state index contributed by atoms with van der Waals surface area (Å²) in [5.41, 5.74) is 0.671. The molecular weight excluding hydrogens is 735 g/mol. The topological polar surface area (TPSA) is 72.5 Å². The summed E-state index contributed by atoms with van der Waals surface area (Å²) in [6.45, 7) is 6.02. The highest BCUT2D eigenvalue weighted by Gasteiger charge is 2.38. The molecule has 0 unspecified atom stereocenters. The van der Waals surface area contributed by atoms with Crippen LogP contribution < -0.4 is 4.74 Å². The van der Waals surface area contributed by atoms with E-state index in [1.54, 1.807) is 12.1 Å². The molecule has 4 rings (SSSR count). The van der Waals surface area contributed by atoms with E-state index in [0.717, 1.165) is 24.2 Å². The van der Waals surface area contributed by atoms with E-state index in [9.17, 15) is 26.7 Å². The van der Waals surface area contributed by atoms with Gasteiger partial charge in [-0.2, -0.15) is 8.78 Å². The van der Waals surface area contributed by atoms with E-state index >= 15 is 0 Å². The van der Waals surface area contributed by atoms with Gasteiger partial charge >= 0.3 is 5.97 Å². The monoisotopic (exact) mass is 786 g/mol. The Balaban J connectivity index is 1.26. The molecule has 4 aromatic rings. The van der Waals surface area contributed by atoms with Crippen molar-refractivity contribution >= 4 is 5.97 Å². The third kappa shape index (κ3) is 12.9. The average Bonchev–Trinajstić information content (AvgIpc) is 3.23. The fraction of sp³-hybridized carbons (Fsp3) is 0.432. The molecule has 12 heteroatoms. The van der Waals surface area contributed by atoms with Crippen LogP contribution in [0.15, 0.2) is 84.9 Å². The molecule has 0 saturated carbocycles. The van der Waals surface area contributed by atoms with Crippen LogP contribution in [-0.2, 0) is 29.3 Å². The molecular formula is C44H51F5O7. The molecule has 7 nitrogen and oxygen atoms in total. The van der Waals surface area contributed by atoms with Gasteiger partial charge in [-0.1, -0.05) is 125 Å². The predicted molar refractivity (Wildman–Crippen MR) is 202 cm³/mol. The molecule has 0 aromatic heterocycles. The highest BCUT2D eigenvalue weighted by atomic mass is 19.2. The summed E-state index contributed by atoms with van der Waals surface area (Å²) in [6, 6.07) is 24.5. The summed E-state index contributed by atoms with van der Waals surface area (Å²) in [5, 5.41) is 0. The van der Waals surface area contributed by atoms with Gasteiger partial charge in [-0.05, 0) is 35.2 Å². The number of hydrogen-bond donors (Lipinski definition) is 0. The summed E-state index contributed by atoms with van der Waals surface area (Å²) < 4.78 is 103. The molecule has 0 saturated heterocycles. The molecule has 0 aliphatic carbocycles. The van der Waals surface area contributed by atoms with Crippen LogP contribution in [-0.4, -0.2) is 65.4 Å². The fourth-order valence-corrected chi connectivity index (χ4v) is 6.12. The van der Waals surface area contributed by atoms with Crippen molar-refractivity contribution in [1.29, 1.82) is 0 Å². The Hall–Kier alpha value is -4.20. The van der Waals surface area contributed by atoms with Crippen LogP contribution in [0.5, 0.6) is 5.75 Å². The molecule has 0 N–H and O–H groups in total. The zero-order chi connectivity index (χ0) is 40.0. The molecule has 0 radical (unpaired) electrons. The molecule has 4 aromatic carbocycles. The SMILES string of the molecule is CCCCCCCCCCOCCOCCOCCOCCOC(c1ccccc1)(c1ccccc1)c1ccc(C(=O)Oc2c(F)c(F)c(F)c(F)c2F)cc1. The van der Waals surface area contributed by atoms with E-state index in [-0.39, 0.29) is 18.8 Å². The Morgan fingerprint density at radius 1 is 0.464 bits per heavy atom. The average molecular weight is 787 g/mol. The molecule has 0 bridgehead atoms. The Labute approximate surface area is 326 Å². The molecule has 0 heterocycles. The Morgan fingerprint density at radius 2 is 0.857 bits per heavy atom. The number of unbranched alkanes of at least 4 members (excludes halogenated alkanes) is 7. The van der Waals surface area contributed by atoms with E-state index in [1.807, 2.05) is 60.7 Å². The highest BCUT2D eigenvalue weighted by molar-refractivity contribution is 5.91. The summed E-state index contributed by atoms with van der Waals surface area (Å²) in [7, 11) is 0. The molecule has 0 fully saturated rings. The van der Waals surface area contributed by atoms with Crippen LogP contribution in [0.3, 0.4) is 0 Å². The number of carbonyl (C=O) groups excluding carboxylic acids is 1. The maximum absolute atomic E-state index is 14.2. The first-order valence-electron chi connectivity index (χ1n) is 19.2. The Bertz CT molecular complexity index is 1660. The van der Waals surface area contributed by atoms with Crippen LogP contribution in [0, 0.1) is 29.1 Å². The van der Waals surface area contributed by atoms with Crippen LogP contribution in [0.4, 0.5) is 22.0 Å². The van der Waals surface area contributed by atoms with E-state index in [4.69, 9.17) is 23.7 Å². The summed E-state index contributed by atoms with van der Waals surface area (Å²) in [6.07, 6.45) is 10.1. The first kappa shape index (κ1) is 44.5. The van der Waals surface area contributed by atoms with Gasteiger partial charge in [-0.15, -0.1) is 0 Å². The highest BCUT2D eigenvalue weighted by Crippen LogP contribution is 2.40. The van der Waals surface area contributed by atoms with Gasteiger partial charge in [0.25, 0.3) is 0 Å². The second-order valence-corrected chi connectivity index (χ2v) is 13.1. The number of benzene rings is 4. The Kier molecular flexibility index (Phi) is 19.4. The third-order valence-electron chi connectivity index (χ3n) is 9.06. The van der Waals surface area contributed by atoms with Crippen LogP contribution in [0.1, 0.15) is 85.3 Å². The molecule has 0 spiro atoms. The van der Waals surface area contributed by atoms with Gasteiger partial charge in [-0.25, -0.2) is 18.0 Å². The maximum atomic E-state index is 14.2. The van der Waals surface area contributed by atoms with Crippen molar-refractivity contribution in [3.8, 4) is 5.75 Å². The van der Waals surface area contributed by atoms with Crippen molar-refractivity contribution in [2.45, 2.75) is 63.9 Å². The molecule has 0 atom stereocenters. The summed E-state index contributed by atoms with van der Waals surface area (Å²) in [5.74, 6) is -14.3. The largest absolute Gasteiger partial charge is 0.416 e. The van der Waals surface area contributed by atoms with Crippen LogP contribution in [0.25, 0.3) is 0 Å². The second-order valence-electron chi connectivity index (χ2n) is 13.1. The first-order valence-corrected chi connectivity index (χ1v) is 19.2. The molecule has 0 aliphatic rings. The number of halogens is 5. The zero-order valence-electron chi connectivity index (χ0n) is 31.9. The van der Waals surface area contributed by atoms with E-state index in [1.165, 1.54) is 57.1 Å². The van der Waals surface area contributed by atoms with Crippen molar-refractivity contribution in [3.05, 3.63) is 136 Å². The van der Waals surface area contributed by atoms with Crippen molar-refractivity contribution in [1.82, 2.24) is 0 Å². The van der Waals surface area contributed by atoms with Gasteiger partial charge in [0.15, 0.2) is 0 Å². The van der Waals surface area contributed by atoms with Gasteiger partial charge in [0.05, 0.1) is 58.4 Å². The lowest BCUT2D eigenvalue weighted by Gasteiger charge is -2.36. The second kappa shape index (κ2) is 24.4. The lowest BCUT2D eigenvalue weighted by atomic mass is 9.80. The smallest absolute Gasteiger partial charge is 0.343 e. The first-order chi connectivity index (χ1) is 27.3. The van der Waals surface area contributed by atoms with Gasteiger partial charge in [0.2, 0.25) is 34.8 Å². The lowest BCUT2D eigenvalue weighted by molar-refractivity contribution is -0.0384. The zero-order valence-corrected chi connectivity index (χ0v) is 31.9. The van der Waals surface area contributed by atoms with Crippen LogP contribution in [0.2, 0.25) is 0 Å². The van der Waals surface area contributed by atoms with Crippen LogP contribution >= 0.6 is 0 Å². The predicted octanol–water partition coefficient (Wildman–Crippen LogP) is 10.1. The normalized spacial score (nSPS) is 11.6. The standard InChI is InChI=1S/C44H51F5O7/c1-2-3-4-5-6-7-8-15-24-51-25-26-52-27-28-53-29-30-54-31-32-55-44(34-16-11-9-12-17-34,35-18-13-10-14-19-35)36-22-20-33(21-23-36)43(50)56-42-40(48)38(46)37(45)39(47)41(42)49/h9-14,16-23H,2-8,15,24-32H2,1H3. The summed E-state index contributed by atoms with van der Waals surface area (Å²) in [4.78, 5) is 12.8. The van der Waals surface area contributed by atoms with Crippen molar-refractivity contribution in [2.75, 3.05) is 59.5 Å². The van der Waals surface area contributed by atoms with E-state index in [2.05, 4.69) is 11.7 Å². The molecule has 304 valence electrons. The third-order valence-corrected chi connectivity index (χ3v) is 9.06. The quantitative estimate of drug-likeness (QED) is 0.0113. The van der Waals surface area contributed by atoms with Crippen molar-refractivity contribution in [3.63, 3.8) is 0 Å². The van der Waals surface area contributed by atoms with Crippen molar-refractivity contribution in [2.24, 2.45) is 0 Å². The number of rotatable bonds is 27. The maximum Gasteiger partial charge on any atom is 0.343 e. The molecule has 0 amide bonds. The van der Waals surface area contributed by atoms with Gasteiger partial charge in [0, 0.05) is 6.61 Å². The van der Waals surface area contributed by atoms with E-state index in [0.29, 0.717) is 45.2 Å². The summed E-state index contributed by atoms with van der Waals surface area (Å²) >= 11 is 0. The van der Waals surface area contributed by atoms with Crippen molar-refractivity contribution < 1.29 is 55.2 Å². The number of carbonyl (C=O) groups is 1. The fourth-order valence-electron chi connectivity index (χ4n) is 6.12. The number of ether oxygens (including phenoxy) is 6. The molecule has 0 aliphatic heterocycles. The lowest BCUT2D eigenvalue weighted by Crippen LogP contribution is -2.34. The van der Waals surface area contributed by atoms with Gasteiger partial charge in [0.1, 0.15) is 5.60 Å². The molecule has 56 heavy (non-hydrogen) atoms. The number of esters is 1. The minimum Gasteiger partial charge on any atom is -0.416 e. The number of hydrogen-bond acceptors (Lipinski definition) is 7.